The molecule has 1 aromatic heterocycles. The summed E-state index contributed by atoms with van der Waals surface area (Å²) < 4.78 is 6.12. The lowest BCUT2D eigenvalue weighted by Gasteiger charge is -2.26. The number of thiophene rings is 1. The zero-order valence-corrected chi connectivity index (χ0v) is 13.3. The van der Waals surface area contributed by atoms with Crippen molar-refractivity contribution in [3.05, 3.63) is 21.4 Å². The Bertz CT molecular complexity index is 388. The van der Waals surface area contributed by atoms with Gasteiger partial charge in [-0.2, -0.15) is 0 Å². The third kappa shape index (κ3) is 4.59. The molecule has 2 atom stereocenters. The second kappa shape index (κ2) is 7.41. The van der Waals surface area contributed by atoms with Crippen LogP contribution in [-0.2, 0) is 17.9 Å². The summed E-state index contributed by atoms with van der Waals surface area (Å²) in [5.41, 5.74) is 1.39. The molecule has 0 radical (unpaired) electrons. The van der Waals surface area contributed by atoms with Crippen LogP contribution in [0, 0.1) is 12.8 Å². The van der Waals surface area contributed by atoms with Crippen molar-refractivity contribution in [2.24, 2.45) is 5.92 Å². The van der Waals surface area contributed by atoms with Crippen LogP contribution in [-0.4, -0.2) is 12.6 Å². The molecule has 3 heteroatoms. The van der Waals surface area contributed by atoms with E-state index in [1.807, 2.05) is 11.3 Å². The van der Waals surface area contributed by atoms with Crippen molar-refractivity contribution in [1.29, 1.82) is 0 Å². The van der Waals surface area contributed by atoms with E-state index in [2.05, 4.69) is 32.2 Å². The largest absolute Gasteiger partial charge is 0.373 e. The molecule has 1 aliphatic carbocycles. The van der Waals surface area contributed by atoms with E-state index < -0.39 is 0 Å². The summed E-state index contributed by atoms with van der Waals surface area (Å²) in [5.74, 6) is 0.839. The van der Waals surface area contributed by atoms with Crippen molar-refractivity contribution in [3.63, 3.8) is 0 Å². The fourth-order valence-electron chi connectivity index (χ4n) is 2.80. The highest BCUT2D eigenvalue weighted by Gasteiger charge is 2.19. The predicted octanol–water partition coefficient (Wildman–Crippen LogP) is 4.26. The average Bonchev–Trinajstić information content (AvgIpc) is 2.75. The third-order valence-corrected chi connectivity index (χ3v) is 5.08. The van der Waals surface area contributed by atoms with Crippen LogP contribution in [0.3, 0.4) is 0 Å². The maximum absolute atomic E-state index is 6.12. The molecule has 1 aromatic rings. The van der Waals surface area contributed by atoms with Gasteiger partial charge < -0.3 is 10.1 Å². The Hall–Kier alpha value is -0.380. The van der Waals surface area contributed by atoms with Gasteiger partial charge in [-0.25, -0.2) is 0 Å². The second-order valence-electron chi connectivity index (χ2n) is 5.78. The summed E-state index contributed by atoms with van der Waals surface area (Å²) in [7, 11) is 0. The smallest absolute Gasteiger partial charge is 0.0731 e. The van der Waals surface area contributed by atoms with E-state index in [0.29, 0.717) is 6.10 Å². The topological polar surface area (TPSA) is 21.3 Å². The monoisotopic (exact) mass is 281 g/mol. The van der Waals surface area contributed by atoms with Crippen molar-refractivity contribution < 1.29 is 4.74 Å². The first kappa shape index (κ1) is 15.0. The lowest BCUT2D eigenvalue weighted by molar-refractivity contribution is 0.00462. The number of ether oxygens (including phenoxy) is 1. The Morgan fingerprint density at radius 1 is 1.42 bits per heavy atom. The normalized spacial score (nSPS) is 23.7. The van der Waals surface area contributed by atoms with Gasteiger partial charge in [0.05, 0.1) is 12.7 Å². The molecular weight excluding hydrogens is 254 g/mol. The first-order valence-electron chi connectivity index (χ1n) is 7.59. The summed E-state index contributed by atoms with van der Waals surface area (Å²) in [6.45, 7) is 9.52. The first-order valence-corrected chi connectivity index (χ1v) is 8.41. The minimum atomic E-state index is 0.486. The second-order valence-corrected chi connectivity index (χ2v) is 7.12. The highest BCUT2D eigenvalue weighted by molar-refractivity contribution is 7.12. The number of nitrogens with one attached hydrogen (secondary N) is 1. The fourth-order valence-corrected chi connectivity index (χ4v) is 3.82. The van der Waals surface area contributed by atoms with Crippen LogP contribution in [0.4, 0.5) is 0 Å². The Labute approximate surface area is 121 Å². The third-order valence-electron chi connectivity index (χ3n) is 3.98. The molecule has 0 saturated heterocycles. The van der Waals surface area contributed by atoms with Crippen molar-refractivity contribution in [2.45, 2.75) is 65.7 Å². The van der Waals surface area contributed by atoms with Crippen LogP contribution in [0.15, 0.2) is 6.07 Å². The lowest BCUT2D eigenvalue weighted by Crippen LogP contribution is -2.21. The molecule has 1 aliphatic rings. The van der Waals surface area contributed by atoms with Gasteiger partial charge in [0.1, 0.15) is 0 Å². The van der Waals surface area contributed by atoms with E-state index in [4.69, 9.17) is 4.74 Å². The van der Waals surface area contributed by atoms with Gasteiger partial charge in [0.15, 0.2) is 0 Å². The zero-order chi connectivity index (χ0) is 13.7. The van der Waals surface area contributed by atoms with Gasteiger partial charge in [-0.1, -0.05) is 26.7 Å². The van der Waals surface area contributed by atoms with Crippen molar-refractivity contribution in [1.82, 2.24) is 5.32 Å². The van der Waals surface area contributed by atoms with Crippen molar-refractivity contribution >= 4 is 11.3 Å². The Balaban J connectivity index is 1.83. The average molecular weight is 281 g/mol. The van der Waals surface area contributed by atoms with Crippen LogP contribution in [0.2, 0.25) is 0 Å². The van der Waals surface area contributed by atoms with E-state index in [-0.39, 0.29) is 0 Å². The quantitative estimate of drug-likeness (QED) is 0.841. The van der Waals surface area contributed by atoms with E-state index in [0.717, 1.165) is 25.6 Å². The fraction of sp³-hybridized carbons (Fsp3) is 0.750. The highest BCUT2D eigenvalue weighted by atomic mass is 32.1. The van der Waals surface area contributed by atoms with Crippen LogP contribution in [0.1, 0.15) is 54.8 Å². The molecule has 0 spiro atoms. The highest BCUT2D eigenvalue weighted by Crippen LogP contribution is 2.28. The van der Waals surface area contributed by atoms with Crippen LogP contribution in [0.25, 0.3) is 0 Å². The molecule has 0 bridgehead atoms. The first-order chi connectivity index (χ1) is 9.19. The summed E-state index contributed by atoms with van der Waals surface area (Å²) in [4.78, 5) is 2.84. The minimum absolute atomic E-state index is 0.486. The van der Waals surface area contributed by atoms with Crippen molar-refractivity contribution in [2.75, 3.05) is 6.54 Å². The standard InChI is InChI=1S/C16H27NOS/c1-4-17-10-16-9-14(13(3)19-16)11-18-15-7-5-6-12(2)8-15/h9,12,15,17H,4-8,10-11H2,1-3H3. The maximum Gasteiger partial charge on any atom is 0.0731 e. The predicted molar refractivity (Wildman–Crippen MR) is 82.6 cm³/mol. The van der Waals surface area contributed by atoms with Crippen molar-refractivity contribution in [3.8, 4) is 0 Å². The van der Waals surface area contributed by atoms with Gasteiger partial charge in [0, 0.05) is 16.3 Å². The summed E-state index contributed by atoms with van der Waals surface area (Å²) >= 11 is 1.90. The lowest BCUT2D eigenvalue weighted by atomic mass is 9.89. The molecule has 1 N–H and O–H groups in total. The van der Waals surface area contributed by atoms with Gasteiger partial charge >= 0.3 is 0 Å². The summed E-state index contributed by atoms with van der Waals surface area (Å²) in [5, 5.41) is 3.39. The molecule has 1 fully saturated rings. The van der Waals surface area contributed by atoms with E-state index in [9.17, 15) is 0 Å². The molecule has 108 valence electrons. The molecule has 2 nitrogen and oxygen atoms in total. The Morgan fingerprint density at radius 3 is 3.00 bits per heavy atom. The van der Waals surface area contributed by atoms with Crippen LogP contribution < -0.4 is 5.32 Å². The molecule has 19 heavy (non-hydrogen) atoms. The van der Waals surface area contributed by atoms with Gasteiger partial charge in [0.2, 0.25) is 0 Å². The SMILES string of the molecule is CCNCc1cc(COC2CCCC(C)C2)c(C)s1. The van der Waals surface area contributed by atoms with E-state index in [1.165, 1.54) is 41.0 Å². The Kier molecular flexibility index (Phi) is 5.86. The maximum atomic E-state index is 6.12. The Morgan fingerprint density at radius 2 is 2.26 bits per heavy atom. The molecule has 0 aromatic carbocycles. The van der Waals surface area contributed by atoms with E-state index >= 15 is 0 Å². The summed E-state index contributed by atoms with van der Waals surface area (Å²) in [6, 6.07) is 2.31. The van der Waals surface area contributed by atoms with E-state index in [1.54, 1.807) is 0 Å². The zero-order valence-electron chi connectivity index (χ0n) is 12.5. The molecule has 1 saturated carbocycles. The van der Waals surface area contributed by atoms with Crippen LogP contribution in [0.5, 0.6) is 0 Å². The number of aryl methyl sites for hydroxylation is 1. The molecule has 2 rings (SSSR count). The van der Waals surface area contributed by atoms with Gasteiger partial charge in [-0.15, -0.1) is 11.3 Å². The van der Waals surface area contributed by atoms with Crippen LogP contribution >= 0.6 is 11.3 Å². The molecule has 0 amide bonds. The molecule has 2 unspecified atom stereocenters. The molecule has 0 aliphatic heterocycles. The number of hydrogen-bond acceptors (Lipinski definition) is 3. The number of hydrogen-bond donors (Lipinski definition) is 1. The molecular formula is C16H27NOS. The van der Waals surface area contributed by atoms with Gasteiger partial charge in [-0.05, 0) is 43.9 Å². The van der Waals surface area contributed by atoms with Gasteiger partial charge in [0.25, 0.3) is 0 Å². The molecule has 1 heterocycles. The minimum Gasteiger partial charge on any atom is -0.373 e. The van der Waals surface area contributed by atoms with Gasteiger partial charge in [-0.3, -0.25) is 0 Å². The summed E-state index contributed by atoms with van der Waals surface area (Å²) in [6.07, 6.45) is 5.69. The number of rotatable bonds is 6.